The van der Waals surface area contributed by atoms with Gasteiger partial charge in [0.2, 0.25) is 0 Å². The van der Waals surface area contributed by atoms with Gasteiger partial charge in [-0.1, -0.05) is 69.2 Å². The summed E-state index contributed by atoms with van der Waals surface area (Å²) in [6.45, 7) is 0. The van der Waals surface area contributed by atoms with Gasteiger partial charge in [0, 0.05) is 0 Å². The van der Waals surface area contributed by atoms with Crippen LogP contribution in [0.15, 0.2) is 60.7 Å². The average Bonchev–Trinajstić information content (AvgIpc) is 2.21. The molecule has 0 nitrogen and oxygen atoms in total. The molecule has 0 fully saturated rings. The first-order valence-corrected chi connectivity index (χ1v) is 5.32. The van der Waals surface area contributed by atoms with Gasteiger partial charge in [-0.2, -0.15) is 0 Å². The molecule has 0 N–H and O–H groups in total. The van der Waals surface area contributed by atoms with Gasteiger partial charge in [-0.3, -0.25) is 0 Å². The second-order valence-electron chi connectivity index (χ2n) is 2.86. The van der Waals surface area contributed by atoms with Crippen molar-refractivity contribution in [3.05, 3.63) is 60.7 Å². The van der Waals surface area contributed by atoms with Crippen molar-refractivity contribution in [1.82, 2.24) is 0 Å². The Bertz CT molecular complexity index is 321. The molecule has 2 rings (SSSR count). The molecule has 72 valence electrons. The standard InChI is InChI=1S/C12H11P.Pd/c1-3-7-11(8-4-1)13-12-9-5-2-6-10-12;/h1-10,13H;/q;+2. The molecule has 2 aromatic carbocycles. The van der Waals surface area contributed by atoms with Crippen molar-refractivity contribution >= 4 is 19.2 Å². The summed E-state index contributed by atoms with van der Waals surface area (Å²) >= 11 is 0. The zero-order valence-electron chi connectivity index (χ0n) is 7.59. The van der Waals surface area contributed by atoms with Crippen LogP contribution in [0, 0.1) is 0 Å². The van der Waals surface area contributed by atoms with Crippen LogP contribution < -0.4 is 10.6 Å². The fraction of sp³-hybridized carbons (Fsp3) is 0. The third kappa shape index (κ3) is 3.35. The summed E-state index contributed by atoms with van der Waals surface area (Å²) in [6, 6.07) is 21.2. The van der Waals surface area contributed by atoms with Gasteiger partial charge in [0.15, 0.2) is 0 Å². The predicted octanol–water partition coefficient (Wildman–Crippen LogP) is 2.31. The van der Waals surface area contributed by atoms with E-state index < -0.39 is 0 Å². The molecule has 0 aromatic heterocycles. The van der Waals surface area contributed by atoms with Gasteiger partial charge in [-0.25, -0.2) is 0 Å². The van der Waals surface area contributed by atoms with E-state index in [1.165, 1.54) is 10.6 Å². The Morgan fingerprint density at radius 3 is 1.29 bits per heavy atom. The second kappa shape index (κ2) is 6.10. The van der Waals surface area contributed by atoms with Crippen molar-refractivity contribution in [1.29, 1.82) is 0 Å². The predicted molar refractivity (Wildman–Crippen MR) is 60.5 cm³/mol. The molecule has 0 amide bonds. The SMILES string of the molecule is [Pd+2].c1ccc(Pc2ccccc2)cc1. The maximum Gasteiger partial charge on any atom is 2.00 e. The van der Waals surface area contributed by atoms with E-state index in [0.717, 1.165) is 8.58 Å². The smallest absolute Gasteiger partial charge is 0.0622 e. The van der Waals surface area contributed by atoms with Crippen LogP contribution in [0.1, 0.15) is 0 Å². The van der Waals surface area contributed by atoms with E-state index >= 15 is 0 Å². The summed E-state index contributed by atoms with van der Waals surface area (Å²) in [5.74, 6) is 0. The summed E-state index contributed by atoms with van der Waals surface area (Å²) in [5, 5.41) is 2.79. The van der Waals surface area contributed by atoms with E-state index in [2.05, 4.69) is 60.7 Å². The molecule has 0 aliphatic rings. The van der Waals surface area contributed by atoms with Crippen LogP contribution in [0.2, 0.25) is 0 Å². The molecule has 2 aromatic rings. The molecule has 0 aliphatic heterocycles. The van der Waals surface area contributed by atoms with Gasteiger partial charge in [0.05, 0.1) is 0 Å². The summed E-state index contributed by atoms with van der Waals surface area (Å²) in [4.78, 5) is 0. The fourth-order valence-corrected chi connectivity index (χ4v) is 2.26. The van der Waals surface area contributed by atoms with Gasteiger partial charge in [-0.15, -0.1) is 0 Å². The van der Waals surface area contributed by atoms with Crippen LogP contribution >= 0.6 is 8.58 Å². The van der Waals surface area contributed by atoms with Crippen LogP contribution in [0.5, 0.6) is 0 Å². The molecule has 0 unspecified atom stereocenters. The summed E-state index contributed by atoms with van der Waals surface area (Å²) in [5.41, 5.74) is 0. The molecule has 0 saturated heterocycles. The fourth-order valence-electron chi connectivity index (χ4n) is 1.21. The maximum atomic E-state index is 2.17. The van der Waals surface area contributed by atoms with E-state index in [4.69, 9.17) is 0 Å². The van der Waals surface area contributed by atoms with E-state index in [9.17, 15) is 0 Å². The molecule has 0 bridgehead atoms. The van der Waals surface area contributed by atoms with E-state index in [0.29, 0.717) is 0 Å². The largest absolute Gasteiger partial charge is 2.00 e. The normalized spacial score (nSPS) is 9.14. The molecule has 0 heterocycles. The van der Waals surface area contributed by atoms with Gasteiger partial charge < -0.3 is 0 Å². The van der Waals surface area contributed by atoms with E-state index in [1.807, 2.05) is 0 Å². The quantitative estimate of drug-likeness (QED) is 0.589. The topological polar surface area (TPSA) is 0 Å². The Labute approximate surface area is 100 Å². The summed E-state index contributed by atoms with van der Waals surface area (Å²) < 4.78 is 0. The Morgan fingerprint density at radius 1 is 0.571 bits per heavy atom. The molecule has 0 radical (unpaired) electrons. The van der Waals surface area contributed by atoms with Crippen molar-refractivity contribution in [3.63, 3.8) is 0 Å². The number of hydrogen-bond donors (Lipinski definition) is 0. The average molecular weight is 293 g/mol. The van der Waals surface area contributed by atoms with Crippen molar-refractivity contribution in [2.24, 2.45) is 0 Å². The number of rotatable bonds is 2. The Hall–Kier alpha value is -0.468. The number of hydrogen-bond acceptors (Lipinski definition) is 0. The molecule has 2 heteroatoms. The molecule has 0 aliphatic carbocycles. The first-order valence-electron chi connectivity index (χ1n) is 4.32. The van der Waals surface area contributed by atoms with Crippen LogP contribution in [0.4, 0.5) is 0 Å². The first-order chi connectivity index (χ1) is 6.45. The van der Waals surface area contributed by atoms with Gasteiger partial charge in [-0.05, 0) is 10.6 Å². The number of benzene rings is 2. The van der Waals surface area contributed by atoms with E-state index in [1.54, 1.807) is 0 Å². The zero-order chi connectivity index (χ0) is 8.93. The van der Waals surface area contributed by atoms with Gasteiger partial charge in [0.1, 0.15) is 0 Å². The Morgan fingerprint density at radius 2 is 0.929 bits per heavy atom. The van der Waals surface area contributed by atoms with Crippen LogP contribution in [-0.2, 0) is 20.4 Å². The van der Waals surface area contributed by atoms with Crippen molar-refractivity contribution in [2.45, 2.75) is 0 Å². The van der Waals surface area contributed by atoms with Crippen molar-refractivity contribution < 1.29 is 20.4 Å². The first kappa shape index (κ1) is 11.6. The second-order valence-corrected chi connectivity index (χ2v) is 4.26. The molecular weight excluding hydrogens is 282 g/mol. The van der Waals surface area contributed by atoms with Crippen LogP contribution in [0.25, 0.3) is 0 Å². The minimum atomic E-state index is 0. The van der Waals surface area contributed by atoms with Gasteiger partial charge >= 0.3 is 20.4 Å². The van der Waals surface area contributed by atoms with Crippen molar-refractivity contribution in [2.75, 3.05) is 0 Å². The zero-order valence-corrected chi connectivity index (χ0v) is 10.1. The van der Waals surface area contributed by atoms with Crippen LogP contribution in [0.3, 0.4) is 0 Å². The maximum absolute atomic E-state index is 2.17. The Balaban J connectivity index is 0.000000980. The molecule has 0 spiro atoms. The van der Waals surface area contributed by atoms with Crippen LogP contribution in [-0.4, -0.2) is 0 Å². The van der Waals surface area contributed by atoms with Crippen molar-refractivity contribution in [3.8, 4) is 0 Å². The molecule has 14 heavy (non-hydrogen) atoms. The Kier molecular flexibility index (Phi) is 5.06. The third-order valence-electron chi connectivity index (χ3n) is 1.84. The molecule has 0 atom stereocenters. The summed E-state index contributed by atoms with van der Waals surface area (Å²) in [7, 11) is 0.777. The molecular formula is C12H11PPd+2. The third-order valence-corrected chi connectivity index (χ3v) is 3.08. The molecule has 0 saturated carbocycles. The minimum Gasteiger partial charge on any atom is -0.0622 e. The van der Waals surface area contributed by atoms with Gasteiger partial charge in [0.25, 0.3) is 0 Å². The van der Waals surface area contributed by atoms with E-state index in [-0.39, 0.29) is 20.4 Å². The monoisotopic (exact) mass is 292 g/mol. The minimum absolute atomic E-state index is 0. The summed E-state index contributed by atoms with van der Waals surface area (Å²) in [6.07, 6.45) is 0.